The molecule has 0 radical (unpaired) electrons. The number of nitrogens with zero attached hydrogens (tertiary/aromatic N) is 5. The molecule has 1 fully saturated rings. The minimum atomic E-state index is -3.69. The number of hydrogen-bond acceptors (Lipinski definition) is 7. The van der Waals surface area contributed by atoms with Gasteiger partial charge in [0.15, 0.2) is 5.76 Å². The maximum atomic E-state index is 12.9. The van der Waals surface area contributed by atoms with Gasteiger partial charge in [0, 0.05) is 38.6 Å². The predicted molar refractivity (Wildman–Crippen MR) is 104 cm³/mol. The Balaban J connectivity index is 1.50. The summed E-state index contributed by atoms with van der Waals surface area (Å²) in [6.07, 6.45) is 0. The molecule has 0 atom stereocenters. The van der Waals surface area contributed by atoms with Gasteiger partial charge < -0.3 is 9.42 Å². The van der Waals surface area contributed by atoms with Crippen LogP contribution in [-0.4, -0.2) is 64.6 Å². The quantitative estimate of drug-likeness (QED) is 0.635. The monoisotopic (exact) mass is 423 g/mol. The molecule has 0 saturated carbocycles. The zero-order valence-electron chi connectivity index (χ0n) is 16.1. The number of aryl methyl sites for hydroxylation is 4. The fourth-order valence-corrected chi connectivity index (χ4v) is 6.37. The van der Waals surface area contributed by atoms with Crippen molar-refractivity contribution in [1.29, 1.82) is 0 Å². The molecule has 0 aromatic carbocycles. The number of thiophene rings is 1. The minimum Gasteiger partial charge on any atom is -0.360 e. The van der Waals surface area contributed by atoms with Crippen LogP contribution in [0, 0.1) is 20.8 Å². The van der Waals surface area contributed by atoms with E-state index in [4.69, 9.17) is 4.52 Å². The lowest BCUT2D eigenvalue weighted by Gasteiger charge is -2.33. The van der Waals surface area contributed by atoms with Gasteiger partial charge in [0.25, 0.3) is 5.91 Å². The molecule has 0 spiro atoms. The standard InChI is InChI=1S/C17H21N5O4S2/c1-10-13-9-14(27-17(13)20(4)18-10)16(23)21-5-7-22(8-6-21)28(24,25)15-11(2)19-26-12(15)3/h9H,5-8H2,1-4H3. The lowest BCUT2D eigenvalue weighted by molar-refractivity contribution is 0.0702. The Kier molecular flexibility index (Phi) is 4.55. The van der Waals surface area contributed by atoms with E-state index in [9.17, 15) is 13.2 Å². The molecule has 4 heterocycles. The first-order valence-corrected chi connectivity index (χ1v) is 11.1. The van der Waals surface area contributed by atoms with Gasteiger partial charge in [-0.25, -0.2) is 8.42 Å². The fourth-order valence-electron chi connectivity index (χ4n) is 3.57. The van der Waals surface area contributed by atoms with E-state index in [1.807, 2.05) is 20.0 Å². The Morgan fingerprint density at radius 1 is 1.14 bits per heavy atom. The van der Waals surface area contributed by atoms with E-state index in [0.717, 1.165) is 15.9 Å². The maximum absolute atomic E-state index is 12.9. The molecule has 0 N–H and O–H groups in total. The van der Waals surface area contributed by atoms with E-state index >= 15 is 0 Å². The zero-order chi connectivity index (χ0) is 20.2. The van der Waals surface area contributed by atoms with Crippen LogP contribution in [0.2, 0.25) is 0 Å². The van der Waals surface area contributed by atoms with Crippen molar-refractivity contribution in [3.05, 3.63) is 28.1 Å². The number of aromatic nitrogens is 3. The smallest absolute Gasteiger partial charge is 0.264 e. The third kappa shape index (κ3) is 2.93. The lowest BCUT2D eigenvalue weighted by atomic mass is 10.3. The molecular weight excluding hydrogens is 402 g/mol. The zero-order valence-corrected chi connectivity index (χ0v) is 17.7. The van der Waals surface area contributed by atoms with E-state index in [1.54, 1.807) is 23.4 Å². The summed E-state index contributed by atoms with van der Waals surface area (Å²) in [6, 6.07) is 1.87. The molecule has 4 rings (SSSR count). The Hall–Kier alpha value is -2.24. The van der Waals surface area contributed by atoms with Gasteiger partial charge >= 0.3 is 0 Å². The van der Waals surface area contributed by atoms with E-state index < -0.39 is 10.0 Å². The minimum absolute atomic E-state index is 0.0741. The predicted octanol–water partition coefficient (Wildman–Crippen LogP) is 1.69. The second-order valence-electron chi connectivity index (χ2n) is 6.89. The molecule has 3 aromatic heterocycles. The van der Waals surface area contributed by atoms with Crippen molar-refractivity contribution in [1.82, 2.24) is 24.1 Å². The Labute approximate surface area is 166 Å². The molecule has 1 amide bonds. The summed E-state index contributed by atoms with van der Waals surface area (Å²) in [5, 5.41) is 9.08. The highest BCUT2D eigenvalue weighted by molar-refractivity contribution is 7.89. The van der Waals surface area contributed by atoms with Gasteiger partial charge in [0.2, 0.25) is 10.0 Å². The fraction of sp³-hybridized carbons (Fsp3) is 0.471. The highest BCUT2D eigenvalue weighted by Gasteiger charge is 2.34. The number of carbonyl (C=O) groups is 1. The van der Waals surface area contributed by atoms with Crippen molar-refractivity contribution in [2.75, 3.05) is 26.2 Å². The summed E-state index contributed by atoms with van der Waals surface area (Å²) in [6.45, 7) is 6.28. The average Bonchev–Trinajstić information content (AvgIpc) is 3.31. The number of rotatable bonds is 3. The molecule has 0 unspecified atom stereocenters. The van der Waals surface area contributed by atoms with E-state index in [-0.39, 0.29) is 29.7 Å². The summed E-state index contributed by atoms with van der Waals surface area (Å²) in [7, 11) is -1.83. The van der Waals surface area contributed by atoms with Crippen LogP contribution in [0.1, 0.15) is 26.8 Å². The molecule has 1 saturated heterocycles. The highest BCUT2D eigenvalue weighted by atomic mass is 32.2. The van der Waals surface area contributed by atoms with Crippen LogP contribution < -0.4 is 0 Å². The number of piperazine rings is 1. The summed E-state index contributed by atoms with van der Waals surface area (Å²) >= 11 is 1.41. The first kappa shape index (κ1) is 19.1. The van der Waals surface area contributed by atoms with Gasteiger partial charge in [0.1, 0.15) is 15.4 Å². The first-order chi connectivity index (χ1) is 13.2. The largest absolute Gasteiger partial charge is 0.360 e. The molecule has 150 valence electrons. The number of hydrogen-bond donors (Lipinski definition) is 0. The van der Waals surface area contributed by atoms with Crippen molar-refractivity contribution in [2.24, 2.45) is 7.05 Å². The van der Waals surface area contributed by atoms with Gasteiger partial charge in [-0.2, -0.15) is 9.40 Å². The van der Waals surface area contributed by atoms with Gasteiger partial charge in [-0.3, -0.25) is 9.48 Å². The molecule has 1 aliphatic rings. The van der Waals surface area contributed by atoms with Crippen LogP contribution in [0.4, 0.5) is 0 Å². The number of sulfonamides is 1. The Morgan fingerprint density at radius 2 is 1.82 bits per heavy atom. The molecule has 0 bridgehead atoms. The van der Waals surface area contributed by atoms with Crippen LogP contribution >= 0.6 is 11.3 Å². The second-order valence-corrected chi connectivity index (χ2v) is 9.79. The lowest BCUT2D eigenvalue weighted by Crippen LogP contribution is -2.50. The molecule has 9 nitrogen and oxygen atoms in total. The molecule has 28 heavy (non-hydrogen) atoms. The van der Waals surface area contributed by atoms with E-state index in [0.29, 0.717) is 23.7 Å². The maximum Gasteiger partial charge on any atom is 0.264 e. The Morgan fingerprint density at radius 3 is 2.39 bits per heavy atom. The summed E-state index contributed by atoms with van der Waals surface area (Å²) in [5.41, 5.74) is 1.24. The molecule has 1 aliphatic heterocycles. The van der Waals surface area contributed by atoms with Gasteiger partial charge in [-0.15, -0.1) is 11.3 Å². The van der Waals surface area contributed by atoms with Crippen LogP contribution in [0.15, 0.2) is 15.5 Å². The van der Waals surface area contributed by atoms with Crippen molar-refractivity contribution in [3.8, 4) is 0 Å². The van der Waals surface area contributed by atoms with Crippen LogP contribution in [0.25, 0.3) is 10.2 Å². The van der Waals surface area contributed by atoms with Gasteiger partial charge in [-0.05, 0) is 26.8 Å². The van der Waals surface area contributed by atoms with Gasteiger partial charge in [-0.1, -0.05) is 5.16 Å². The topological polar surface area (TPSA) is 102 Å². The van der Waals surface area contributed by atoms with E-state index in [2.05, 4.69) is 10.3 Å². The third-order valence-corrected chi connectivity index (χ3v) is 8.33. The van der Waals surface area contributed by atoms with E-state index in [1.165, 1.54) is 15.6 Å². The Bertz CT molecular complexity index is 1110. The SMILES string of the molecule is Cc1noc(C)c1S(=O)(=O)N1CCN(C(=O)c2cc3c(C)nn(C)c3s2)CC1. The number of amides is 1. The van der Waals surface area contributed by atoms with Crippen molar-refractivity contribution in [2.45, 2.75) is 25.7 Å². The van der Waals surface area contributed by atoms with Crippen LogP contribution in [0.3, 0.4) is 0 Å². The summed E-state index contributed by atoms with van der Waals surface area (Å²) in [5.74, 6) is 0.209. The molecule has 0 aliphatic carbocycles. The van der Waals surface area contributed by atoms with Crippen molar-refractivity contribution in [3.63, 3.8) is 0 Å². The molecular formula is C17H21N5O4S2. The highest BCUT2D eigenvalue weighted by Crippen LogP contribution is 2.29. The molecule has 11 heteroatoms. The molecule has 3 aromatic rings. The van der Waals surface area contributed by atoms with Crippen LogP contribution in [0.5, 0.6) is 0 Å². The second kappa shape index (κ2) is 6.68. The first-order valence-electron chi connectivity index (χ1n) is 8.85. The summed E-state index contributed by atoms with van der Waals surface area (Å²) in [4.78, 5) is 16.3. The number of fused-ring (bicyclic) bond motifs is 1. The summed E-state index contributed by atoms with van der Waals surface area (Å²) < 4.78 is 34.0. The van der Waals surface area contributed by atoms with Gasteiger partial charge in [0.05, 0.1) is 10.6 Å². The van der Waals surface area contributed by atoms with Crippen molar-refractivity contribution < 1.29 is 17.7 Å². The number of carbonyl (C=O) groups excluding carboxylic acids is 1. The average molecular weight is 424 g/mol. The van der Waals surface area contributed by atoms with Crippen LogP contribution in [-0.2, 0) is 17.1 Å². The van der Waals surface area contributed by atoms with Crippen molar-refractivity contribution >= 4 is 37.5 Å². The normalized spacial score (nSPS) is 16.2. The third-order valence-electron chi connectivity index (χ3n) is 5.00.